The number of esters is 1. The van der Waals surface area contributed by atoms with E-state index in [0.717, 1.165) is 24.0 Å². The van der Waals surface area contributed by atoms with Gasteiger partial charge in [-0.2, -0.15) is 0 Å². The van der Waals surface area contributed by atoms with E-state index in [-0.39, 0.29) is 5.97 Å². The highest BCUT2D eigenvalue weighted by atomic mass is 16.5. The van der Waals surface area contributed by atoms with Crippen molar-refractivity contribution >= 4 is 5.97 Å². The van der Waals surface area contributed by atoms with Crippen molar-refractivity contribution in [2.24, 2.45) is 0 Å². The highest BCUT2D eigenvalue weighted by molar-refractivity contribution is 5.90. The third-order valence-electron chi connectivity index (χ3n) is 3.55. The van der Waals surface area contributed by atoms with Gasteiger partial charge in [0.2, 0.25) is 0 Å². The van der Waals surface area contributed by atoms with Gasteiger partial charge in [-0.3, -0.25) is 4.98 Å². The predicted octanol–water partition coefficient (Wildman–Crippen LogP) is 3.20. The molecule has 1 aromatic carbocycles. The number of hydrogen-bond acceptors (Lipinski definition) is 5. The molecule has 0 N–H and O–H groups in total. The van der Waals surface area contributed by atoms with Crippen LogP contribution >= 0.6 is 0 Å². The molecule has 0 aliphatic heterocycles. The van der Waals surface area contributed by atoms with Gasteiger partial charge in [-0.15, -0.1) is 0 Å². The quantitative estimate of drug-likeness (QED) is 0.580. The molecule has 0 unspecified atom stereocenters. The van der Waals surface area contributed by atoms with Crippen molar-refractivity contribution in [1.82, 2.24) is 4.98 Å². The normalized spacial score (nSPS) is 10.2. The molecular weight excluding hydrogens is 294 g/mol. The molecule has 122 valence electrons. The molecule has 0 saturated heterocycles. The first-order valence-electron chi connectivity index (χ1n) is 7.44. The van der Waals surface area contributed by atoms with Gasteiger partial charge in [0.15, 0.2) is 0 Å². The summed E-state index contributed by atoms with van der Waals surface area (Å²) >= 11 is 0. The fourth-order valence-electron chi connectivity index (χ4n) is 2.27. The molecule has 2 aromatic rings. The van der Waals surface area contributed by atoms with Gasteiger partial charge in [0.25, 0.3) is 0 Å². The number of nitrogens with zero attached hydrogens (tertiary/aromatic N) is 1. The average Bonchev–Trinajstić information content (AvgIpc) is 2.59. The maximum Gasteiger partial charge on any atom is 0.338 e. The molecule has 0 bridgehead atoms. The molecule has 0 atom stereocenters. The first kappa shape index (κ1) is 16.8. The molecule has 23 heavy (non-hydrogen) atoms. The molecular formula is C18H21NO4. The van der Waals surface area contributed by atoms with E-state index in [0.29, 0.717) is 23.7 Å². The number of ether oxygens (including phenoxy) is 3. The molecule has 1 aromatic heterocycles. The summed E-state index contributed by atoms with van der Waals surface area (Å²) in [5.74, 6) is 0.825. The highest BCUT2D eigenvalue weighted by Crippen LogP contribution is 2.29. The standard InChI is InChI=1S/C18H21NO4/c1-13-16(21-2)10-15(11-17(13)22-3)18(20)23-9-5-7-14-6-4-8-19-12-14/h4,6,8,10-12H,5,7,9H2,1-3H3. The van der Waals surface area contributed by atoms with Crippen LogP contribution in [0.15, 0.2) is 36.7 Å². The van der Waals surface area contributed by atoms with Gasteiger partial charge in [0.1, 0.15) is 11.5 Å². The van der Waals surface area contributed by atoms with Crippen molar-refractivity contribution in [3.05, 3.63) is 53.3 Å². The van der Waals surface area contributed by atoms with Crippen molar-refractivity contribution < 1.29 is 19.0 Å². The Labute approximate surface area is 136 Å². The molecule has 2 rings (SSSR count). The van der Waals surface area contributed by atoms with Crippen LogP contribution in [0.2, 0.25) is 0 Å². The lowest BCUT2D eigenvalue weighted by Crippen LogP contribution is -2.08. The maximum atomic E-state index is 12.2. The maximum absolute atomic E-state index is 12.2. The molecule has 5 nitrogen and oxygen atoms in total. The number of hydrogen-bond donors (Lipinski definition) is 0. The minimum atomic E-state index is -0.382. The molecule has 1 heterocycles. The minimum absolute atomic E-state index is 0.353. The van der Waals surface area contributed by atoms with E-state index in [1.165, 1.54) is 0 Å². The van der Waals surface area contributed by atoms with Crippen molar-refractivity contribution in [2.75, 3.05) is 20.8 Å². The molecule has 5 heteroatoms. The SMILES string of the molecule is COc1cc(C(=O)OCCCc2cccnc2)cc(OC)c1C. The third-order valence-corrected chi connectivity index (χ3v) is 3.55. The topological polar surface area (TPSA) is 57.7 Å². The summed E-state index contributed by atoms with van der Waals surface area (Å²) < 4.78 is 15.9. The average molecular weight is 315 g/mol. The monoisotopic (exact) mass is 315 g/mol. The third kappa shape index (κ3) is 4.45. The number of benzene rings is 1. The first-order chi connectivity index (χ1) is 11.2. The van der Waals surface area contributed by atoms with Gasteiger partial charge in [0.05, 0.1) is 26.4 Å². The van der Waals surface area contributed by atoms with Gasteiger partial charge in [-0.05, 0) is 43.5 Å². The van der Waals surface area contributed by atoms with Crippen molar-refractivity contribution in [3.8, 4) is 11.5 Å². The zero-order valence-electron chi connectivity index (χ0n) is 13.7. The lowest BCUT2D eigenvalue weighted by Gasteiger charge is -2.12. The number of rotatable bonds is 7. The Morgan fingerprint density at radius 1 is 1.17 bits per heavy atom. The van der Waals surface area contributed by atoms with Crippen LogP contribution in [0, 0.1) is 6.92 Å². The molecule has 0 amide bonds. The zero-order chi connectivity index (χ0) is 16.7. The predicted molar refractivity (Wildman–Crippen MR) is 87.1 cm³/mol. The zero-order valence-corrected chi connectivity index (χ0v) is 13.7. The Morgan fingerprint density at radius 3 is 2.43 bits per heavy atom. The van der Waals surface area contributed by atoms with Crippen LogP contribution in [0.3, 0.4) is 0 Å². The minimum Gasteiger partial charge on any atom is -0.496 e. The van der Waals surface area contributed by atoms with Crippen LogP contribution in [-0.4, -0.2) is 31.8 Å². The summed E-state index contributed by atoms with van der Waals surface area (Å²) in [6.45, 7) is 2.23. The van der Waals surface area contributed by atoms with Gasteiger partial charge < -0.3 is 14.2 Å². The summed E-state index contributed by atoms with van der Waals surface area (Å²) in [5, 5.41) is 0. The Hall–Kier alpha value is -2.56. The van der Waals surface area contributed by atoms with Gasteiger partial charge in [0, 0.05) is 18.0 Å². The van der Waals surface area contributed by atoms with E-state index in [1.54, 1.807) is 32.5 Å². The summed E-state index contributed by atoms with van der Waals surface area (Å²) in [4.78, 5) is 16.2. The van der Waals surface area contributed by atoms with E-state index in [4.69, 9.17) is 14.2 Å². The molecule has 0 aliphatic rings. The summed E-state index contributed by atoms with van der Waals surface area (Å²) in [6, 6.07) is 7.24. The van der Waals surface area contributed by atoms with Crippen LogP contribution in [0.1, 0.15) is 27.9 Å². The molecule has 0 fully saturated rings. The molecule has 0 saturated carbocycles. The summed E-state index contributed by atoms with van der Waals surface area (Å²) in [6.07, 6.45) is 5.12. The van der Waals surface area contributed by atoms with Crippen LogP contribution in [0.25, 0.3) is 0 Å². The second kappa shape index (κ2) is 8.17. The Bertz CT molecular complexity index is 630. The first-order valence-corrected chi connectivity index (χ1v) is 7.44. The van der Waals surface area contributed by atoms with E-state index < -0.39 is 0 Å². The summed E-state index contributed by atoms with van der Waals surface area (Å²) in [5.41, 5.74) is 2.40. The van der Waals surface area contributed by atoms with E-state index in [2.05, 4.69) is 4.98 Å². The largest absolute Gasteiger partial charge is 0.496 e. The molecule has 0 radical (unpaired) electrons. The number of carbonyl (C=O) groups excluding carboxylic acids is 1. The van der Waals surface area contributed by atoms with Crippen LogP contribution in [0.5, 0.6) is 11.5 Å². The fraction of sp³-hybridized carbons (Fsp3) is 0.333. The highest BCUT2D eigenvalue weighted by Gasteiger charge is 2.14. The number of methoxy groups -OCH3 is 2. The van der Waals surface area contributed by atoms with Crippen LogP contribution in [0.4, 0.5) is 0 Å². The number of pyridine rings is 1. The Balaban J connectivity index is 1.93. The number of aryl methyl sites for hydroxylation is 1. The Kier molecular flexibility index (Phi) is 5.97. The van der Waals surface area contributed by atoms with Crippen molar-refractivity contribution in [3.63, 3.8) is 0 Å². The van der Waals surface area contributed by atoms with Crippen molar-refractivity contribution in [2.45, 2.75) is 19.8 Å². The Morgan fingerprint density at radius 2 is 1.87 bits per heavy atom. The van der Waals surface area contributed by atoms with Crippen LogP contribution in [-0.2, 0) is 11.2 Å². The van der Waals surface area contributed by atoms with E-state index in [1.807, 2.05) is 25.3 Å². The van der Waals surface area contributed by atoms with E-state index in [9.17, 15) is 4.79 Å². The van der Waals surface area contributed by atoms with E-state index >= 15 is 0 Å². The summed E-state index contributed by atoms with van der Waals surface area (Å²) in [7, 11) is 3.12. The van der Waals surface area contributed by atoms with Gasteiger partial charge in [-0.25, -0.2) is 4.79 Å². The lowest BCUT2D eigenvalue weighted by molar-refractivity contribution is 0.0500. The lowest BCUT2D eigenvalue weighted by atomic mass is 10.1. The number of carbonyl (C=O) groups is 1. The second-order valence-electron chi connectivity index (χ2n) is 5.11. The molecule has 0 aliphatic carbocycles. The van der Waals surface area contributed by atoms with Gasteiger partial charge >= 0.3 is 5.97 Å². The fourth-order valence-corrected chi connectivity index (χ4v) is 2.27. The molecule has 0 spiro atoms. The van der Waals surface area contributed by atoms with Gasteiger partial charge in [-0.1, -0.05) is 6.07 Å². The second-order valence-corrected chi connectivity index (χ2v) is 5.11. The van der Waals surface area contributed by atoms with Crippen molar-refractivity contribution in [1.29, 1.82) is 0 Å². The smallest absolute Gasteiger partial charge is 0.338 e. The number of aromatic nitrogens is 1. The van der Waals surface area contributed by atoms with Crippen LogP contribution < -0.4 is 9.47 Å².